The van der Waals surface area contributed by atoms with Crippen LogP contribution in [0.1, 0.15) is 38.5 Å². The van der Waals surface area contributed by atoms with Crippen LogP contribution in [0.15, 0.2) is 0 Å². The van der Waals surface area contributed by atoms with Gasteiger partial charge in [0.15, 0.2) is 0 Å². The molecule has 0 atom stereocenters. The van der Waals surface area contributed by atoms with Crippen molar-refractivity contribution in [1.82, 2.24) is 10.2 Å². The van der Waals surface area contributed by atoms with Gasteiger partial charge < -0.3 is 10.2 Å². The molecule has 0 unspecified atom stereocenters. The predicted molar refractivity (Wildman–Crippen MR) is 97.5 cm³/mol. The number of alkyl halides is 9. The Bertz CT molecular complexity index is 514. The van der Waals surface area contributed by atoms with Gasteiger partial charge in [0, 0.05) is 19.4 Å². The molecule has 13 heteroatoms. The maximum absolute atomic E-state index is 13.3. The Balaban J connectivity index is 4.04. The smallest absolute Gasteiger partial charge is 0.356 e. The molecule has 0 aliphatic carbocycles. The van der Waals surface area contributed by atoms with Gasteiger partial charge in [0.1, 0.15) is 0 Å². The Labute approximate surface area is 174 Å². The van der Waals surface area contributed by atoms with Crippen LogP contribution in [0.3, 0.4) is 0 Å². The summed E-state index contributed by atoms with van der Waals surface area (Å²) >= 11 is 0.748. The average Bonchev–Trinajstić information content (AvgIpc) is 2.59. The first-order chi connectivity index (χ1) is 13.6. The first-order valence-electron chi connectivity index (χ1n) is 9.25. The highest BCUT2D eigenvalue weighted by atomic mass is 32.2. The molecule has 0 radical (unpaired) electrons. The van der Waals surface area contributed by atoms with E-state index in [2.05, 4.69) is 5.32 Å². The van der Waals surface area contributed by atoms with Crippen LogP contribution in [0.2, 0.25) is 0 Å². The molecule has 0 rings (SSSR count). The Kier molecular flexibility index (Phi) is 11.9. The number of carbonyl (C=O) groups excluding carboxylic acids is 1. The van der Waals surface area contributed by atoms with E-state index in [-0.39, 0.29) is 18.1 Å². The summed E-state index contributed by atoms with van der Waals surface area (Å²) in [4.78, 5) is 13.5. The number of hydrogen-bond acceptors (Lipinski definition) is 3. The van der Waals surface area contributed by atoms with E-state index >= 15 is 0 Å². The molecule has 1 amide bonds. The molecule has 0 saturated carbocycles. The Hall–Kier alpha value is -0.850. The van der Waals surface area contributed by atoms with E-state index in [1.54, 1.807) is 0 Å². The molecule has 0 fully saturated rings. The normalized spacial score (nSPS) is 13.7. The topological polar surface area (TPSA) is 32.3 Å². The third kappa shape index (κ3) is 9.11. The summed E-state index contributed by atoms with van der Waals surface area (Å²) in [5, 5.41) is 2.74. The van der Waals surface area contributed by atoms with E-state index < -0.39 is 36.1 Å². The number of nitrogens with one attached hydrogen (secondary N) is 1. The van der Waals surface area contributed by atoms with Crippen LogP contribution >= 0.6 is 11.8 Å². The third-order valence-corrected chi connectivity index (χ3v) is 5.14. The van der Waals surface area contributed by atoms with Crippen molar-refractivity contribution in [2.75, 3.05) is 38.7 Å². The van der Waals surface area contributed by atoms with Crippen LogP contribution in [0.4, 0.5) is 39.5 Å². The fourth-order valence-electron chi connectivity index (χ4n) is 2.25. The number of carbonyl (C=O) groups is 1. The predicted octanol–water partition coefficient (Wildman–Crippen LogP) is 5.21. The summed E-state index contributed by atoms with van der Waals surface area (Å²) in [6.07, 6.45) is -6.00. The molecular weight excluding hydrogens is 451 g/mol. The molecule has 0 aromatic carbocycles. The van der Waals surface area contributed by atoms with Crippen molar-refractivity contribution in [2.24, 2.45) is 0 Å². The molecule has 0 bridgehead atoms. The van der Waals surface area contributed by atoms with Crippen molar-refractivity contribution in [3.63, 3.8) is 0 Å². The van der Waals surface area contributed by atoms with Crippen LogP contribution in [0.5, 0.6) is 0 Å². The van der Waals surface area contributed by atoms with E-state index in [9.17, 15) is 44.3 Å². The zero-order chi connectivity index (χ0) is 23.6. The van der Waals surface area contributed by atoms with Gasteiger partial charge >= 0.3 is 23.9 Å². The number of thioether (sulfide) groups is 1. The van der Waals surface area contributed by atoms with Crippen LogP contribution in [0.25, 0.3) is 0 Å². The van der Waals surface area contributed by atoms with E-state index in [4.69, 9.17) is 0 Å². The molecule has 30 heavy (non-hydrogen) atoms. The number of nitrogens with zero attached hydrogens (tertiary/aromatic N) is 1. The molecular formula is C17H27F9N2OS. The summed E-state index contributed by atoms with van der Waals surface area (Å²) in [7, 11) is 3.81. The summed E-state index contributed by atoms with van der Waals surface area (Å²) in [6, 6.07) is 0. The van der Waals surface area contributed by atoms with Crippen molar-refractivity contribution >= 4 is 17.7 Å². The summed E-state index contributed by atoms with van der Waals surface area (Å²) in [5.41, 5.74) is 0. The van der Waals surface area contributed by atoms with Gasteiger partial charge in [0.2, 0.25) is 5.91 Å². The van der Waals surface area contributed by atoms with E-state index in [0.29, 0.717) is 25.8 Å². The zero-order valence-corrected chi connectivity index (χ0v) is 17.6. The molecule has 0 spiro atoms. The van der Waals surface area contributed by atoms with E-state index in [1.807, 2.05) is 19.0 Å². The minimum atomic E-state index is -6.83. The molecule has 0 heterocycles. The highest BCUT2D eigenvalue weighted by Crippen LogP contribution is 2.54. The summed E-state index contributed by atoms with van der Waals surface area (Å²) in [6.45, 7) is 1.37. The highest BCUT2D eigenvalue weighted by molar-refractivity contribution is 7.99. The fraction of sp³-hybridized carbons (Fsp3) is 0.941. The van der Waals surface area contributed by atoms with Gasteiger partial charge in [0.25, 0.3) is 0 Å². The maximum atomic E-state index is 13.3. The second kappa shape index (κ2) is 12.3. The molecule has 0 aromatic rings. The molecule has 0 aliphatic heterocycles. The Morgan fingerprint density at radius 1 is 0.833 bits per heavy atom. The molecule has 180 valence electrons. The summed E-state index contributed by atoms with van der Waals surface area (Å²) in [5.74, 6) is -19.5. The van der Waals surface area contributed by atoms with Crippen molar-refractivity contribution in [1.29, 1.82) is 0 Å². The van der Waals surface area contributed by atoms with E-state index in [0.717, 1.165) is 24.7 Å². The lowest BCUT2D eigenvalue weighted by atomic mass is 10.0. The van der Waals surface area contributed by atoms with Crippen molar-refractivity contribution < 1.29 is 44.3 Å². The second-order valence-corrected chi connectivity index (χ2v) is 8.26. The van der Waals surface area contributed by atoms with Crippen LogP contribution in [-0.4, -0.2) is 73.4 Å². The van der Waals surface area contributed by atoms with Gasteiger partial charge in [-0.3, -0.25) is 4.79 Å². The zero-order valence-electron chi connectivity index (χ0n) is 16.7. The van der Waals surface area contributed by atoms with Crippen molar-refractivity contribution in [3.8, 4) is 0 Å². The highest BCUT2D eigenvalue weighted by Gasteiger charge is 2.81. The molecule has 0 aromatic heterocycles. The van der Waals surface area contributed by atoms with Crippen LogP contribution in [-0.2, 0) is 4.79 Å². The van der Waals surface area contributed by atoms with Gasteiger partial charge in [-0.1, -0.05) is 6.42 Å². The average molecular weight is 478 g/mol. The first-order valence-corrected chi connectivity index (χ1v) is 10.4. The van der Waals surface area contributed by atoms with Crippen LogP contribution in [0, 0.1) is 0 Å². The number of amides is 1. The van der Waals surface area contributed by atoms with Crippen molar-refractivity contribution in [3.05, 3.63) is 0 Å². The SMILES string of the molecule is CN(C)CCCNC(=O)CCCCCSCCC(F)(F)C(F)(F)C(F)(F)C(F)(F)F. The molecule has 0 saturated heterocycles. The molecule has 3 nitrogen and oxygen atoms in total. The van der Waals surface area contributed by atoms with Gasteiger partial charge in [-0.15, -0.1) is 0 Å². The lowest BCUT2D eigenvalue weighted by Crippen LogP contribution is -2.60. The van der Waals surface area contributed by atoms with Crippen molar-refractivity contribution in [2.45, 2.75) is 62.5 Å². The fourth-order valence-corrected chi connectivity index (χ4v) is 3.26. The number of rotatable bonds is 15. The molecule has 1 N–H and O–H groups in total. The number of hydrogen-bond donors (Lipinski definition) is 1. The third-order valence-electron chi connectivity index (χ3n) is 4.07. The number of unbranched alkanes of at least 4 members (excludes halogenated alkanes) is 2. The maximum Gasteiger partial charge on any atom is 0.460 e. The minimum Gasteiger partial charge on any atom is -0.356 e. The largest absolute Gasteiger partial charge is 0.460 e. The quantitative estimate of drug-likeness (QED) is 0.259. The van der Waals surface area contributed by atoms with Gasteiger partial charge in [-0.05, 0) is 51.4 Å². The van der Waals surface area contributed by atoms with E-state index in [1.165, 1.54) is 0 Å². The first kappa shape index (κ1) is 29.1. The second-order valence-electron chi connectivity index (χ2n) is 7.03. The van der Waals surface area contributed by atoms with Gasteiger partial charge in [0.05, 0.1) is 0 Å². The Morgan fingerprint density at radius 2 is 1.43 bits per heavy atom. The van der Waals surface area contributed by atoms with Gasteiger partial charge in [-0.25, -0.2) is 0 Å². The van der Waals surface area contributed by atoms with Crippen LogP contribution < -0.4 is 5.32 Å². The lowest BCUT2D eigenvalue weighted by Gasteiger charge is -2.33. The Morgan fingerprint density at radius 3 is 1.97 bits per heavy atom. The minimum absolute atomic E-state index is 0.131. The number of halogens is 9. The molecule has 0 aliphatic rings. The monoisotopic (exact) mass is 478 g/mol. The van der Waals surface area contributed by atoms with Gasteiger partial charge in [-0.2, -0.15) is 51.3 Å². The summed E-state index contributed by atoms with van der Waals surface area (Å²) < 4.78 is 114. The standard InChI is InChI=1S/C17H27F9N2OS/c1-28(2)10-6-9-27-13(29)7-4-3-5-11-30-12-8-14(18,19)15(20,21)16(22,23)17(24,25)26/h3-12H2,1-2H3,(H,27,29). The lowest BCUT2D eigenvalue weighted by molar-refractivity contribution is -0.396.